The van der Waals surface area contributed by atoms with E-state index < -0.39 is 12.1 Å². The summed E-state index contributed by atoms with van der Waals surface area (Å²) in [5.41, 5.74) is 0. The van der Waals surface area contributed by atoms with E-state index in [1.165, 1.54) is 6.92 Å². The van der Waals surface area contributed by atoms with Crippen molar-refractivity contribution in [3.8, 4) is 5.75 Å². The van der Waals surface area contributed by atoms with Crippen LogP contribution in [0.2, 0.25) is 0 Å². The highest BCUT2D eigenvalue weighted by atomic mass is 79.9. The molecular formula is C13H11BrO3. The van der Waals surface area contributed by atoms with Crippen molar-refractivity contribution in [3.63, 3.8) is 0 Å². The number of ether oxygens (including phenoxy) is 1. The van der Waals surface area contributed by atoms with E-state index in [0.717, 1.165) is 15.2 Å². The molecule has 2 aromatic carbocycles. The molecule has 0 fully saturated rings. The normalized spacial score (nSPS) is 12.4. The summed E-state index contributed by atoms with van der Waals surface area (Å²) in [5.74, 6) is -0.441. The second kappa shape index (κ2) is 4.75. The fourth-order valence-electron chi connectivity index (χ4n) is 1.55. The topological polar surface area (TPSA) is 46.5 Å². The molecule has 0 saturated carbocycles. The van der Waals surface area contributed by atoms with Gasteiger partial charge >= 0.3 is 5.97 Å². The largest absolute Gasteiger partial charge is 0.479 e. The van der Waals surface area contributed by atoms with Gasteiger partial charge in [0.2, 0.25) is 0 Å². The van der Waals surface area contributed by atoms with E-state index in [2.05, 4.69) is 15.9 Å². The number of hydrogen-bond acceptors (Lipinski definition) is 2. The third-order valence-corrected chi connectivity index (χ3v) is 3.30. The Morgan fingerprint density at radius 2 is 2.00 bits per heavy atom. The lowest BCUT2D eigenvalue weighted by molar-refractivity contribution is -0.144. The highest BCUT2D eigenvalue weighted by Crippen LogP contribution is 2.33. The minimum absolute atomic E-state index is 0.540. The zero-order valence-corrected chi connectivity index (χ0v) is 10.8. The first kappa shape index (κ1) is 11.9. The maximum absolute atomic E-state index is 10.7. The van der Waals surface area contributed by atoms with Crippen LogP contribution >= 0.6 is 15.9 Å². The number of hydrogen-bond donors (Lipinski definition) is 1. The first-order valence-corrected chi connectivity index (χ1v) is 5.95. The zero-order valence-electron chi connectivity index (χ0n) is 9.18. The second-order valence-electron chi connectivity index (χ2n) is 3.70. The van der Waals surface area contributed by atoms with Crippen LogP contribution in [-0.4, -0.2) is 17.2 Å². The van der Waals surface area contributed by atoms with Gasteiger partial charge in [-0.25, -0.2) is 4.79 Å². The number of halogens is 1. The Morgan fingerprint density at radius 1 is 1.29 bits per heavy atom. The van der Waals surface area contributed by atoms with Crippen LogP contribution in [0.1, 0.15) is 6.92 Å². The van der Waals surface area contributed by atoms with Gasteiger partial charge < -0.3 is 9.84 Å². The van der Waals surface area contributed by atoms with Crippen molar-refractivity contribution in [1.82, 2.24) is 0 Å². The number of benzene rings is 2. The van der Waals surface area contributed by atoms with Crippen LogP contribution in [0.3, 0.4) is 0 Å². The summed E-state index contributed by atoms with van der Waals surface area (Å²) in [6.07, 6.45) is -0.868. The Hall–Kier alpha value is -1.55. The van der Waals surface area contributed by atoms with Crippen molar-refractivity contribution >= 4 is 32.7 Å². The number of rotatable bonds is 3. The monoisotopic (exact) mass is 294 g/mol. The zero-order chi connectivity index (χ0) is 12.4. The van der Waals surface area contributed by atoms with Gasteiger partial charge in [-0.3, -0.25) is 0 Å². The highest BCUT2D eigenvalue weighted by Gasteiger charge is 2.15. The summed E-state index contributed by atoms with van der Waals surface area (Å²) in [7, 11) is 0. The van der Waals surface area contributed by atoms with E-state index in [4.69, 9.17) is 9.84 Å². The number of aliphatic carboxylic acids is 1. The summed E-state index contributed by atoms with van der Waals surface area (Å²) in [6, 6.07) is 11.5. The molecule has 1 unspecified atom stereocenters. The summed E-state index contributed by atoms with van der Waals surface area (Å²) in [4.78, 5) is 10.7. The molecule has 2 aromatic rings. The predicted molar refractivity (Wildman–Crippen MR) is 69.4 cm³/mol. The third kappa shape index (κ3) is 2.42. The maximum atomic E-state index is 10.7. The van der Waals surface area contributed by atoms with Crippen LogP contribution in [0, 0.1) is 0 Å². The molecule has 1 N–H and O–H groups in total. The molecule has 0 aliphatic heterocycles. The van der Waals surface area contributed by atoms with E-state index in [0.29, 0.717) is 5.75 Å². The van der Waals surface area contributed by atoms with Gasteiger partial charge in [-0.15, -0.1) is 0 Å². The van der Waals surface area contributed by atoms with Crippen LogP contribution in [0.5, 0.6) is 5.75 Å². The second-order valence-corrected chi connectivity index (χ2v) is 4.49. The fraction of sp³-hybridized carbons (Fsp3) is 0.154. The van der Waals surface area contributed by atoms with Gasteiger partial charge in [0.25, 0.3) is 0 Å². The minimum atomic E-state index is -0.981. The number of carboxylic acids is 1. The number of carboxylic acid groups (broad SMARTS) is 1. The molecule has 1 atom stereocenters. The average molecular weight is 295 g/mol. The molecule has 0 amide bonds. The SMILES string of the molecule is CC(Oc1ccc2ccccc2c1Br)C(=O)O. The summed E-state index contributed by atoms with van der Waals surface area (Å²) in [5, 5.41) is 10.9. The van der Waals surface area contributed by atoms with E-state index in [1.54, 1.807) is 6.07 Å². The lowest BCUT2D eigenvalue weighted by Gasteiger charge is -2.13. The first-order valence-electron chi connectivity index (χ1n) is 5.16. The van der Waals surface area contributed by atoms with E-state index in [1.807, 2.05) is 30.3 Å². The van der Waals surface area contributed by atoms with Gasteiger partial charge in [0.05, 0.1) is 4.47 Å². The van der Waals surface area contributed by atoms with Crippen molar-refractivity contribution in [1.29, 1.82) is 0 Å². The molecule has 0 aliphatic carbocycles. The maximum Gasteiger partial charge on any atom is 0.344 e. The van der Waals surface area contributed by atoms with Crippen LogP contribution in [0.4, 0.5) is 0 Å². The van der Waals surface area contributed by atoms with Crippen LogP contribution in [-0.2, 0) is 4.79 Å². The summed E-state index contributed by atoms with van der Waals surface area (Å²) in [6.45, 7) is 1.50. The molecule has 2 rings (SSSR count). The van der Waals surface area contributed by atoms with Crippen molar-refractivity contribution in [2.75, 3.05) is 0 Å². The van der Waals surface area contributed by atoms with Crippen LogP contribution < -0.4 is 4.74 Å². The van der Waals surface area contributed by atoms with Crippen molar-refractivity contribution in [2.45, 2.75) is 13.0 Å². The van der Waals surface area contributed by atoms with E-state index in [9.17, 15) is 4.79 Å². The Bertz CT molecular complexity index is 566. The lowest BCUT2D eigenvalue weighted by atomic mass is 10.1. The van der Waals surface area contributed by atoms with Crippen LogP contribution in [0.25, 0.3) is 10.8 Å². The lowest BCUT2D eigenvalue weighted by Crippen LogP contribution is -2.23. The Labute approximate surface area is 107 Å². The summed E-state index contributed by atoms with van der Waals surface area (Å²) >= 11 is 3.44. The molecule has 0 radical (unpaired) electrons. The molecule has 0 heterocycles. The van der Waals surface area contributed by atoms with Gasteiger partial charge in [0, 0.05) is 0 Å². The Morgan fingerprint density at radius 3 is 2.71 bits per heavy atom. The van der Waals surface area contributed by atoms with Crippen molar-refractivity contribution < 1.29 is 14.6 Å². The summed E-state index contributed by atoms with van der Waals surface area (Å²) < 4.78 is 6.15. The molecule has 88 valence electrons. The van der Waals surface area contributed by atoms with Gasteiger partial charge in [0.1, 0.15) is 5.75 Å². The number of fused-ring (bicyclic) bond motifs is 1. The van der Waals surface area contributed by atoms with Gasteiger partial charge in [0.15, 0.2) is 6.10 Å². The molecule has 3 nitrogen and oxygen atoms in total. The fourth-order valence-corrected chi connectivity index (χ4v) is 2.13. The standard InChI is InChI=1S/C13H11BrO3/c1-8(13(15)16)17-11-7-6-9-4-2-3-5-10(9)12(11)14/h2-8H,1H3,(H,15,16). The smallest absolute Gasteiger partial charge is 0.344 e. The molecule has 0 aromatic heterocycles. The molecule has 0 bridgehead atoms. The molecule has 0 saturated heterocycles. The average Bonchev–Trinajstić information content (AvgIpc) is 2.33. The van der Waals surface area contributed by atoms with Gasteiger partial charge in [-0.05, 0) is 39.7 Å². The minimum Gasteiger partial charge on any atom is -0.479 e. The molecule has 0 spiro atoms. The molecule has 4 heteroatoms. The van der Waals surface area contributed by atoms with E-state index in [-0.39, 0.29) is 0 Å². The third-order valence-electron chi connectivity index (χ3n) is 2.48. The quantitative estimate of drug-likeness (QED) is 0.943. The van der Waals surface area contributed by atoms with Crippen molar-refractivity contribution in [2.24, 2.45) is 0 Å². The Kier molecular flexibility index (Phi) is 3.33. The van der Waals surface area contributed by atoms with Crippen LogP contribution in [0.15, 0.2) is 40.9 Å². The predicted octanol–water partition coefficient (Wildman–Crippen LogP) is 3.45. The highest BCUT2D eigenvalue weighted by molar-refractivity contribution is 9.10. The molecule has 0 aliphatic rings. The number of carbonyl (C=O) groups is 1. The van der Waals surface area contributed by atoms with Crippen molar-refractivity contribution in [3.05, 3.63) is 40.9 Å². The van der Waals surface area contributed by atoms with Gasteiger partial charge in [-0.2, -0.15) is 0 Å². The van der Waals surface area contributed by atoms with E-state index >= 15 is 0 Å². The molecular weight excluding hydrogens is 284 g/mol. The first-order chi connectivity index (χ1) is 8.09. The Balaban J connectivity index is 2.42. The van der Waals surface area contributed by atoms with Gasteiger partial charge in [-0.1, -0.05) is 30.3 Å². The molecule has 17 heavy (non-hydrogen) atoms.